The highest BCUT2D eigenvalue weighted by molar-refractivity contribution is 5.54. The number of aromatic nitrogens is 3. The molecule has 0 aliphatic rings. The fraction of sp³-hybridized carbons (Fsp3) is 0.333. The molecule has 0 atom stereocenters. The molecule has 0 saturated heterocycles. The van der Waals surface area contributed by atoms with Crippen LogP contribution in [0.2, 0.25) is 0 Å². The van der Waals surface area contributed by atoms with Crippen LogP contribution < -0.4 is 5.73 Å². The number of hydrogen-bond acceptors (Lipinski definition) is 4. The Morgan fingerprint density at radius 2 is 2.00 bits per heavy atom. The molecule has 0 saturated carbocycles. The summed E-state index contributed by atoms with van der Waals surface area (Å²) < 4.78 is 7.09. The first-order chi connectivity index (χ1) is 8.36. The Labute approximate surface area is 100 Å². The highest BCUT2D eigenvalue weighted by Crippen LogP contribution is 2.17. The molecule has 2 rings (SSSR count). The van der Waals surface area contributed by atoms with Crippen molar-refractivity contribution in [2.45, 2.75) is 13.1 Å². The van der Waals surface area contributed by atoms with E-state index in [1.54, 1.807) is 7.11 Å². The van der Waals surface area contributed by atoms with Gasteiger partial charge in [0, 0.05) is 19.2 Å². The maximum atomic E-state index is 5.65. The van der Waals surface area contributed by atoms with Gasteiger partial charge in [-0.25, -0.2) is 0 Å². The van der Waals surface area contributed by atoms with Gasteiger partial charge in [-0.1, -0.05) is 30.3 Å². The molecule has 0 fully saturated rings. The smallest absolute Gasteiger partial charge is 0.164 e. The van der Waals surface area contributed by atoms with Crippen LogP contribution in [0.15, 0.2) is 30.3 Å². The first-order valence-corrected chi connectivity index (χ1v) is 5.53. The number of nitrogens with zero attached hydrogens (tertiary/aromatic N) is 3. The number of rotatable bonds is 5. The molecular weight excluding hydrogens is 216 g/mol. The molecule has 5 nitrogen and oxygen atoms in total. The standard InChI is InChI=1S/C12H16N4O/c1-17-8-7-16-11(9-13)14-15-12(16)10-5-3-2-4-6-10/h2-6H,7-9,13H2,1H3. The van der Waals surface area contributed by atoms with Gasteiger partial charge in [0.15, 0.2) is 5.82 Å². The summed E-state index contributed by atoms with van der Waals surface area (Å²) in [6.07, 6.45) is 0. The Balaban J connectivity index is 2.36. The predicted octanol–water partition coefficient (Wildman–Crippen LogP) is 1.05. The van der Waals surface area contributed by atoms with Crippen LogP contribution in [0.3, 0.4) is 0 Å². The molecule has 0 aliphatic carbocycles. The third-order valence-electron chi connectivity index (χ3n) is 2.56. The lowest BCUT2D eigenvalue weighted by molar-refractivity contribution is 0.186. The number of nitrogens with two attached hydrogens (primary N) is 1. The van der Waals surface area contributed by atoms with Crippen molar-refractivity contribution in [3.8, 4) is 11.4 Å². The van der Waals surface area contributed by atoms with Crippen molar-refractivity contribution in [3.05, 3.63) is 36.2 Å². The van der Waals surface area contributed by atoms with E-state index in [0.29, 0.717) is 19.7 Å². The average Bonchev–Trinajstić information content (AvgIpc) is 2.80. The van der Waals surface area contributed by atoms with Crippen molar-refractivity contribution in [1.29, 1.82) is 0 Å². The molecule has 1 aromatic carbocycles. The normalized spacial score (nSPS) is 10.7. The minimum absolute atomic E-state index is 0.379. The van der Waals surface area contributed by atoms with Gasteiger partial charge in [0.1, 0.15) is 5.82 Å². The second kappa shape index (κ2) is 5.56. The fourth-order valence-corrected chi connectivity index (χ4v) is 1.70. The van der Waals surface area contributed by atoms with Crippen LogP contribution in [0.4, 0.5) is 0 Å². The number of benzene rings is 1. The van der Waals surface area contributed by atoms with Gasteiger partial charge in [-0.3, -0.25) is 0 Å². The molecule has 5 heteroatoms. The monoisotopic (exact) mass is 232 g/mol. The van der Waals surface area contributed by atoms with E-state index >= 15 is 0 Å². The first-order valence-electron chi connectivity index (χ1n) is 5.53. The van der Waals surface area contributed by atoms with E-state index in [2.05, 4.69) is 10.2 Å². The van der Waals surface area contributed by atoms with Crippen molar-refractivity contribution >= 4 is 0 Å². The minimum Gasteiger partial charge on any atom is -0.383 e. The zero-order chi connectivity index (χ0) is 12.1. The lowest BCUT2D eigenvalue weighted by Crippen LogP contribution is -2.12. The molecule has 0 spiro atoms. The van der Waals surface area contributed by atoms with Gasteiger partial charge >= 0.3 is 0 Å². The molecule has 0 aliphatic heterocycles. The summed E-state index contributed by atoms with van der Waals surface area (Å²) in [5, 5.41) is 8.28. The summed E-state index contributed by atoms with van der Waals surface area (Å²) >= 11 is 0. The van der Waals surface area contributed by atoms with E-state index < -0.39 is 0 Å². The highest BCUT2D eigenvalue weighted by Gasteiger charge is 2.11. The maximum Gasteiger partial charge on any atom is 0.164 e. The fourth-order valence-electron chi connectivity index (χ4n) is 1.70. The van der Waals surface area contributed by atoms with Gasteiger partial charge in [-0.2, -0.15) is 0 Å². The van der Waals surface area contributed by atoms with Crippen LogP contribution in [0.1, 0.15) is 5.82 Å². The van der Waals surface area contributed by atoms with Crippen molar-refractivity contribution in [1.82, 2.24) is 14.8 Å². The largest absolute Gasteiger partial charge is 0.383 e. The molecular formula is C12H16N4O. The molecule has 0 amide bonds. The van der Waals surface area contributed by atoms with Gasteiger partial charge in [0.05, 0.1) is 13.2 Å². The van der Waals surface area contributed by atoms with E-state index in [1.165, 1.54) is 0 Å². The van der Waals surface area contributed by atoms with E-state index in [9.17, 15) is 0 Å². The van der Waals surface area contributed by atoms with Crippen LogP contribution in [-0.2, 0) is 17.8 Å². The van der Waals surface area contributed by atoms with Gasteiger partial charge in [0.2, 0.25) is 0 Å². The predicted molar refractivity (Wildman–Crippen MR) is 65.2 cm³/mol. The van der Waals surface area contributed by atoms with Crippen molar-refractivity contribution in [2.75, 3.05) is 13.7 Å². The van der Waals surface area contributed by atoms with Crippen LogP contribution in [0.25, 0.3) is 11.4 Å². The van der Waals surface area contributed by atoms with Crippen LogP contribution >= 0.6 is 0 Å². The van der Waals surface area contributed by atoms with Crippen LogP contribution in [0.5, 0.6) is 0 Å². The SMILES string of the molecule is COCCn1c(CN)nnc1-c1ccccc1. The van der Waals surface area contributed by atoms with Crippen molar-refractivity contribution < 1.29 is 4.74 Å². The average molecular weight is 232 g/mol. The minimum atomic E-state index is 0.379. The molecule has 2 aromatic rings. The molecule has 1 aromatic heterocycles. The van der Waals surface area contributed by atoms with Gasteiger partial charge in [0.25, 0.3) is 0 Å². The number of ether oxygens (including phenoxy) is 1. The van der Waals surface area contributed by atoms with Gasteiger partial charge in [-0.05, 0) is 0 Å². The second-order valence-electron chi connectivity index (χ2n) is 3.65. The lowest BCUT2D eigenvalue weighted by Gasteiger charge is -2.08. The summed E-state index contributed by atoms with van der Waals surface area (Å²) in [7, 11) is 1.68. The lowest BCUT2D eigenvalue weighted by atomic mass is 10.2. The zero-order valence-electron chi connectivity index (χ0n) is 9.84. The molecule has 90 valence electrons. The Morgan fingerprint density at radius 1 is 1.24 bits per heavy atom. The molecule has 1 heterocycles. The zero-order valence-corrected chi connectivity index (χ0v) is 9.84. The van der Waals surface area contributed by atoms with E-state index in [1.807, 2.05) is 34.9 Å². The summed E-state index contributed by atoms with van der Waals surface area (Å²) in [6, 6.07) is 9.95. The van der Waals surface area contributed by atoms with E-state index in [-0.39, 0.29) is 0 Å². The topological polar surface area (TPSA) is 66.0 Å². The Kier molecular flexibility index (Phi) is 3.85. The molecule has 0 unspecified atom stereocenters. The van der Waals surface area contributed by atoms with E-state index in [0.717, 1.165) is 17.2 Å². The number of hydrogen-bond donors (Lipinski definition) is 1. The van der Waals surface area contributed by atoms with Crippen LogP contribution in [-0.4, -0.2) is 28.5 Å². The van der Waals surface area contributed by atoms with Crippen molar-refractivity contribution in [2.24, 2.45) is 5.73 Å². The van der Waals surface area contributed by atoms with Gasteiger partial charge < -0.3 is 15.0 Å². The Bertz CT molecular complexity index is 467. The second-order valence-corrected chi connectivity index (χ2v) is 3.65. The van der Waals surface area contributed by atoms with E-state index in [4.69, 9.17) is 10.5 Å². The molecule has 0 radical (unpaired) electrons. The van der Waals surface area contributed by atoms with Crippen LogP contribution in [0, 0.1) is 0 Å². The number of methoxy groups -OCH3 is 1. The third kappa shape index (κ3) is 2.51. The first kappa shape index (κ1) is 11.8. The molecule has 2 N–H and O–H groups in total. The Morgan fingerprint density at radius 3 is 2.65 bits per heavy atom. The highest BCUT2D eigenvalue weighted by atomic mass is 16.5. The summed E-state index contributed by atoms with van der Waals surface area (Å²) in [5.41, 5.74) is 6.69. The summed E-state index contributed by atoms with van der Waals surface area (Å²) in [5.74, 6) is 1.61. The maximum absolute atomic E-state index is 5.65. The quantitative estimate of drug-likeness (QED) is 0.836. The summed E-state index contributed by atoms with van der Waals surface area (Å²) in [4.78, 5) is 0. The molecule has 17 heavy (non-hydrogen) atoms. The van der Waals surface area contributed by atoms with Gasteiger partial charge in [-0.15, -0.1) is 10.2 Å². The summed E-state index contributed by atoms with van der Waals surface area (Å²) in [6.45, 7) is 1.70. The van der Waals surface area contributed by atoms with Crippen molar-refractivity contribution in [3.63, 3.8) is 0 Å². The third-order valence-corrected chi connectivity index (χ3v) is 2.56. The Hall–Kier alpha value is -1.72. The molecule has 0 bridgehead atoms.